The van der Waals surface area contributed by atoms with Crippen LogP contribution in [0.1, 0.15) is 50.6 Å². The Morgan fingerprint density at radius 2 is 1.97 bits per heavy atom. The highest BCUT2D eigenvalue weighted by Gasteiger charge is 2.40. The second-order valence-electron chi connectivity index (χ2n) is 8.83. The van der Waals surface area contributed by atoms with Crippen molar-refractivity contribution in [1.82, 2.24) is 9.80 Å². The van der Waals surface area contributed by atoms with Crippen LogP contribution in [-0.2, 0) is 14.3 Å². The first kappa shape index (κ1) is 30.9. The number of carbonyl (C=O) groups excluding carboxylic acids is 2. The number of likely N-dealkylation sites (tertiary alicyclic amines) is 1. The van der Waals surface area contributed by atoms with Crippen LogP contribution in [0.3, 0.4) is 0 Å². The van der Waals surface area contributed by atoms with E-state index in [-0.39, 0.29) is 53.6 Å². The van der Waals surface area contributed by atoms with Crippen molar-refractivity contribution in [2.45, 2.75) is 50.3 Å². The zero-order valence-corrected chi connectivity index (χ0v) is 22.5. The van der Waals surface area contributed by atoms with E-state index in [4.69, 9.17) is 17.4 Å². The lowest BCUT2D eigenvalue weighted by Crippen LogP contribution is -2.43. The zero-order chi connectivity index (χ0) is 23.1. The van der Waals surface area contributed by atoms with Gasteiger partial charge in [0.25, 0.3) is 0 Å². The van der Waals surface area contributed by atoms with Gasteiger partial charge in [-0.3, -0.25) is 14.5 Å². The van der Waals surface area contributed by atoms with Crippen LogP contribution >= 0.6 is 37.4 Å². The van der Waals surface area contributed by atoms with Crippen molar-refractivity contribution in [3.8, 4) is 0 Å². The fourth-order valence-corrected chi connectivity index (χ4v) is 4.52. The number of likely N-dealkylation sites (N-methyl/N-ethyl adjacent to an activating group) is 1. The lowest BCUT2D eigenvalue weighted by molar-refractivity contribution is -0.143. The van der Waals surface area contributed by atoms with Gasteiger partial charge in [-0.05, 0) is 57.8 Å². The molecule has 1 saturated heterocycles. The SMILES string of the molecule is CCOC(=O)CCCN(C)C/C=C1/CN(C(C(=O)C2CC2)c2ccccc2F)CCC1S.Cl.Cl. The minimum atomic E-state index is -0.532. The Hall–Kier alpha value is -1.12. The third-order valence-electron chi connectivity index (χ3n) is 6.21. The molecule has 1 aliphatic heterocycles. The van der Waals surface area contributed by atoms with E-state index in [2.05, 4.69) is 15.9 Å². The highest BCUT2D eigenvalue weighted by molar-refractivity contribution is 7.81. The number of thiol groups is 1. The van der Waals surface area contributed by atoms with Crippen molar-refractivity contribution >= 4 is 49.2 Å². The fraction of sp³-hybridized carbons (Fsp3) is 0.600. The number of halogens is 3. The van der Waals surface area contributed by atoms with Crippen LogP contribution in [0, 0.1) is 11.7 Å². The molecule has 5 nitrogen and oxygen atoms in total. The third-order valence-corrected chi connectivity index (χ3v) is 6.80. The highest BCUT2D eigenvalue weighted by Crippen LogP contribution is 2.39. The van der Waals surface area contributed by atoms with E-state index in [1.165, 1.54) is 11.6 Å². The molecular formula is C25H37Cl2FN2O3S. The molecule has 0 aromatic heterocycles. The number of ether oxygens (including phenoxy) is 1. The number of benzene rings is 1. The number of hydrogen-bond acceptors (Lipinski definition) is 6. The second kappa shape index (κ2) is 15.1. The van der Waals surface area contributed by atoms with Gasteiger partial charge in [0.15, 0.2) is 5.78 Å². The first-order valence-corrected chi connectivity index (χ1v) is 12.2. The van der Waals surface area contributed by atoms with Gasteiger partial charge in [-0.1, -0.05) is 24.3 Å². The highest BCUT2D eigenvalue weighted by atomic mass is 35.5. The summed E-state index contributed by atoms with van der Waals surface area (Å²) in [7, 11) is 2.02. The fourth-order valence-electron chi connectivity index (χ4n) is 4.22. The minimum absolute atomic E-state index is 0. The number of esters is 1. The number of Topliss-reactive ketones (excluding diaryl/α,β-unsaturated/α-hetero) is 1. The van der Waals surface area contributed by atoms with Crippen LogP contribution in [-0.4, -0.2) is 66.6 Å². The monoisotopic (exact) mass is 534 g/mol. The molecule has 1 aromatic carbocycles. The van der Waals surface area contributed by atoms with Gasteiger partial charge in [0, 0.05) is 42.8 Å². The Morgan fingerprint density at radius 3 is 2.62 bits per heavy atom. The summed E-state index contributed by atoms with van der Waals surface area (Å²) in [6.45, 7) is 5.09. The van der Waals surface area contributed by atoms with Gasteiger partial charge in [0.2, 0.25) is 0 Å². The standard InChI is InChI=1S/C25H35FN2O3S.2ClH/c1-3-31-23(29)9-6-14-27(2)15-12-19-17-28(16-13-22(19)32)24(25(30)18-10-11-18)20-7-4-5-8-21(20)26;;/h4-5,7-8,12,18,22,24,32H,3,6,9-11,13-17H2,1-2H3;2*1H/b19-12-;;. The molecule has 2 aliphatic rings. The van der Waals surface area contributed by atoms with Crippen LogP contribution in [0.25, 0.3) is 0 Å². The van der Waals surface area contributed by atoms with E-state index in [1.54, 1.807) is 18.2 Å². The summed E-state index contributed by atoms with van der Waals surface area (Å²) in [5, 5.41) is 0.136. The van der Waals surface area contributed by atoms with Gasteiger partial charge in [-0.2, -0.15) is 12.6 Å². The van der Waals surface area contributed by atoms with E-state index < -0.39 is 6.04 Å². The maximum Gasteiger partial charge on any atom is 0.305 e. The topological polar surface area (TPSA) is 49.9 Å². The first-order valence-electron chi connectivity index (χ1n) is 11.6. The summed E-state index contributed by atoms with van der Waals surface area (Å²) >= 11 is 4.77. The average molecular weight is 536 g/mol. The molecule has 1 aromatic rings. The summed E-state index contributed by atoms with van der Waals surface area (Å²) < 4.78 is 19.6. The van der Waals surface area contributed by atoms with E-state index in [9.17, 15) is 14.0 Å². The van der Waals surface area contributed by atoms with E-state index in [0.717, 1.165) is 45.3 Å². The van der Waals surface area contributed by atoms with Gasteiger partial charge < -0.3 is 9.64 Å². The van der Waals surface area contributed by atoms with Gasteiger partial charge in [0.1, 0.15) is 5.82 Å². The first-order chi connectivity index (χ1) is 15.4. The average Bonchev–Trinajstić information content (AvgIpc) is 3.61. The molecule has 2 unspecified atom stereocenters. The summed E-state index contributed by atoms with van der Waals surface area (Å²) in [6, 6.07) is 6.12. The number of hydrogen-bond donors (Lipinski definition) is 1. The molecule has 1 aliphatic carbocycles. The molecule has 0 bridgehead atoms. The van der Waals surface area contributed by atoms with Crippen molar-refractivity contribution in [2.75, 3.05) is 39.8 Å². The van der Waals surface area contributed by atoms with Gasteiger partial charge in [-0.15, -0.1) is 24.8 Å². The van der Waals surface area contributed by atoms with Crippen molar-refractivity contribution in [3.05, 3.63) is 47.3 Å². The maximum atomic E-state index is 14.6. The van der Waals surface area contributed by atoms with E-state index >= 15 is 0 Å². The summed E-state index contributed by atoms with van der Waals surface area (Å²) in [5.41, 5.74) is 1.65. The summed E-state index contributed by atoms with van der Waals surface area (Å²) in [5.74, 6) is -0.266. The molecule has 1 heterocycles. The van der Waals surface area contributed by atoms with E-state index in [0.29, 0.717) is 25.1 Å². The molecule has 0 radical (unpaired) electrons. The second-order valence-corrected chi connectivity index (χ2v) is 9.45. The largest absolute Gasteiger partial charge is 0.466 e. The molecule has 2 atom stereocenters. The van der Waals surface area contributed by atoms with E-state index in [1.807, 2.05) is 14.0 Å². The number of rotatable bonds is 11. The predicted molar refractivity (Wildman–Crippen MR) is 142 cm³/mol. The van der Waals surface area contributed by atoms with Gasteiger partial charge >= 0.3 is 5.97 Å². The van der Waals surface area contributed by atoms with Crippen molar-refractivity contribution in [2.24, 2.45) is 5.92 Å². The molecule has 2 fully saturated rings. The third kappa shape index (κ3) is 8.83. The molecule has 9 heteroatoms. The molecule has 192 valence electrons. The Morgan fingerprint density at radius 1 is 1.26 bits per heavy atom. The minimum Gasteiger partial charge on any atom is -0.466 e. The smallest absolute Gasteiger partial charge is 0.305 e. The maximum absolute atomic E-state index is 14.6. The lowest BCUT2D eigenvalue weighted by atomic mass is 9.93. The molecule has 0 amide bonds. The Balaban J connectivity index is 0.00000289. The van der Waals surface area contributed by atoms with Gasteiger partial charge in [-0.25, -0.2) is 4.39 Å². The number of piperidine rings is 1. The quantitative estimate of drug-likeness (QED) is 0.248. The molecule has 0 N–H and O–H groups in total. The van der Waals surface area contributed by atoms with Crippen LogP contribution in [0.4, 0.5) is 4.39 Å². The van der Waals surface area contributed by atoms with Crippen molar-refractivity contribution in [1.29, 1.82) is 0 Å². The Kier molecular flexibility index (Phi) is 13.7. The van der Waals surface area contributed by atoms with Crippen molar-refractivity contribution < 1.29 is 18.7 Å². The molecule has 1 saturated carbocycles. The predicted octanol–water partition coefficient (Wildman–Crippen LogP) is 4.90. The molecule has 0 spiro atoms. The number of nitrogens with zero attached hydrogens (tertiary/aromatic N) is 2. The lowest BCUT2D eigenvalue weighted by Gasteiger charge is -2.38. The van der Waals surface area contributed by atoms with Gasteiger partial charge in [0.05, 0.1) is 12.6 Å². The van der Waals surface area contributed by atoms with Crippen LogP contribution < -0.4 is 0 Å². The number of carbonyl (C=O) groups is 2. The molecule has 3 rings (SSSR count). The normalized spacial score (nSPS) is 20.4. The summed E-state index contributed by atoms with van der Waals surface area (Å²) in [6.07, 6.45) is 5.99. The Bertz CT molecular complexity index is 838. The van der Waals surface area contributed by atoms with Crippen LogP contribution in [0.15, 0.2) is 35.9 Å². The van der Waals surface area contributed by atoms with Crippen LogP contribution in [0.5, 0.6) is 0 Å². The van der Waals surface area contributed by atoms with Crippen molar-refractivity contribution in [3.63, 3.8) is 0 Å². The Labute approximate surface area is 220 Å². The zero-order valence-electron chi connectivity index (χ0n) is 20.0. The molecule has 34 heavy (non-hydrogen) atoms. The number of ketones is 1. The van der Waals surface area contributed by atoms with Crippen LogP contribution in [0.2, 0.25) is 0 Å². The summed E-state index contributed by atoms with van der Waals surface area (Å²) in [4.78, 5) is 28.9. The molecular weight excluding hydrogens is 498 g/mol.